The number of carbonyl (C=O) groups excluding carboxylic acids is 1. The highest BCUT2D eigenvalue weighted by atomic mass is 35.5. The van der Waals surface area contributed by atoms with Crippen molar-refractivity contribution < 1.29 is 13.9 Å². The third-order valence-electron chi connectivity index (χ3n) is 2.01. The molecule has 0 atom stereocenters. The summed E-state index contributed by atoms with van der Waals surface area (Å²) in [5.74, 6) is -1.47. The number of hydrogen-bond acceptors (Lipinski definition) is 4. The zero-order valence-electron chi connectivity index (χ0n) is 8.20. The number of halogens is 2. The number of nitrogens with zero attached hydrogens (tertiary/aromatic N) is 2. The van der Waals surface area contributed by atoms with E-state index in [1.807, 2.05) is 0 Å². The van der Waals surface area contributed by atoms with Crippen molar-refractivity contribution in [2.75, 3.05) is 7.11 Å². The van der Waals surface area contributed by atoms with Gasteiger partial charge >= 0.3 is 5.97 Å². The van der Waals surface area contributed by atoms with Gasteiger partial charge < -0.3 is 4.74 Å². The number of aromatic nitrogens is 2. The van der Waals surface area contributed by atoms with Gasteiger partial charge in [0.1, 0.15) is 11.0 Å². The van der Waals surface area contributed by atoms with E-state index in [1.54, 1.807) is 0 Å². The molecule has 0 bridgehead atoms. The molecule has 1 aromatic carbocycles. The van der Waals surface area contributed by atoms with Crippen LogP contribution in [0.25, 0.3) is 11.0 Å². The number of hydrogen-bond donors (Lipinski definition) is 0. The Labute approximate surface area is 95.0 Å². The van der Waals surface area contributed by atoms with Crippen molar-refractivity contribution in [3.63, 3.8) is 0 Å². The van der Waals surface area contributed by atoms with Crippen LogP contribution in [0, 0.1) is 5.82 Å². The molecule has 2 rings (SSSR count). The minimum absolute atomic E-state index is 0.165. The van der Waals surface area contributed by atoms with E-state index in [1.165, 1.54) is 19.4 Å². The molecule has 0 aliphatic carbocycles. The normalized spacial score (nSPS) is 10.4. The maximum absolute atomic E-state index is 13.5. The van der Waals surface area contributed by atoms with E-state index >= 15 is 0 Å². The third kappa shape index (κ3) is 1.81. The van der Waals surface area contributed by atoms with E-state index in [2.05, 4.69) is 14.7 Å². The highest BCUT2D eigenvalue weighted by Gasteiger charge is 2.14. The first kappa shape index (κ1) is 10.8. The number of carbonyl (C=O) groups is 1. The lowest BCUT2D eigenvalue weighted by Gasteiger charge is -2.03. The minimum atomic E-state index is -0.754. The van der Waals surface area contributed by atoms with Gasteiger partial charge in [0.15, 0.2) is 0 Å². The molecular weight excluding hydrogens is 235 g/mol. The number of rotatable bonds is 1. The zero-order valence-corrected chi connectivity index (χ0v) is 8.95. The van der Waals surface area contributed by atoms with Crippen molar-refractivity contribution in [2.45, 2.75) is 0 Å². The van der Waals surface area contributed by atoms with Crippen molar-refractivity contribution in [1.82, 2.24) is 9.97 Å². The summed E-state index contributed by atoms with van der Waals surface area (Å²) in [6, 6.07) is 2.38. The van der Waals surface area contributed by atoms with Crippen molar-refractivity contribution in [1.29, 1.82) is 0 Å². The molecule has 0 spiro atoms. The topological polar surface area (TPSA) is 52.1 Å². The summed E-state index contributed by atoms with van der Waals surface area (Å²) < 4.78 is 17.9. The van der Waals surface area contributed by atoms with E-state index < -0.39 is 11.8 Å². The monoisotopic (exact) mass is 240 g/mol. The van der Waals surface area contributed by atoms with Crippen LogP contribution in [0.3, 0.4) is 0 Å². The molecule has 0 N–H and O–H groups in total. The Morgan fingerprint density at radius 1 is 1.44 bits per heavy atom. The van der Waals surface area contributed by atoms with Gasteiger partial charge in [0.05, 0.1) is 29.9 Å². The van der Waals surface area contributed by atoms with Crippen LogP contribution in [-0.2, 0) is 4.74 Å². The van der Waals surface area contributed by atoms with Gasteiger partial charge in [-0.15, -0.1) is 0 Å². The summed E-state index contributed by atoms with van der Waals surface area (Å²) in [6.45, 7) is 0. The molecule has 0 amide bonds. The molecule has 0 fully saturated rings. The lowest BCUT2D eigenvalue weighted by Crippen LogP contribution is -2.05. The van der Waals surface area contributed by atoms with Crippen LogP contribution in [0.1, 0.15) is 10.4 Å². The molecule has 0 radical (unpaired) electrons. The molecular formula is C10H6ClFN2O2. The van der Waals surface area contributed by atoms with Crippen molar-refractivity contribution >= 4 is 28.6 Å². The highest BCUT2D eigenvalue weighted by molar-refractivity contribution is 6.29. The molecule has 1 heterocycles. The summed E-state index contributed by atoms with van der Waals surface area (Å²) in [7, 11) is 1.18. The van der Waals surface area contributed by atoms with Crippen molar-refractivity contribution in [2.24, 2.45) is 0 Å². The minimum Gasteiger partial charge on any atom is -0.465 e. The summed E-state index contributed by atoms with van der Waals surface area (Å²) in [4.78, 5) is 19.0. The first-order chi connectivity index (χ1) is 7.61. The van der Waals surface area contributed by atoms with Gasteiger partial charge in [0.25, 0.3) is 0 Å². The summed E-state index contributed by atoms with van der Waals surface area (Å²) >= 11 is 5.61. The van der Waals surface area contributed by atoms with Gasteiger partial charge in [-0.3, -0.25) is 4.98 Å². The van der Waals surface area contributed by atoms with Crippen molar-refractivity contribution in [3.8, 4) is 0 Å². The Morgan fingerprint density at radius 2 is 2.19 bits per heavy atom. The van der Waals surface area contributed by atoms with Crippen LogP contribution in [-0.4, -0.2) is 23.0 Å². The van der Waals surface area contributed by atoms with E-state index in [-0.39, 0.29) is 16.2 Å². The molecule has 4 nitrogen and oxygen atoms in total. The average molecular weight is 241 g/mol. The number of fused-ring (bicyclic) bond motifs is 1. The smallest absolute Gasteiger partial charge is 0.340 e. The van der Waals surface area contributed by atoms with Gasteiger partial charge in [-0.25, -0.2) is 14.2 Å². The Balaban J connectivity index is 2.67. The Kier molecular flexibility index (Phi) is 2.70. The zero-order chi connectivity index (χ0) is 11.7. The van der Waals surface area contributed by atoms with Crippen LogP contribution in [0.4, 0.5) is 4.39 Å². The second-order valence-electron chi connectivity index (χ2n) is 3.01. The molecule has 0 unspecified atom stereocenters. The van der Waals surface area contributed by atoms with Crippen LogP contribution in [0.2, 0.25) is 5.15 Å². The Bertz CT molecular complexity index is 574. The lowest BCUT2D eigenvalue weighted by molar-refractivity contribution is 0.0595. The predicted octanol–water partition coefficient (Wildman–Crippen LogP) is 2.21. The van der Waals surface area contributed by atoms with E-state index in [4.69, 9.17) is 11.6 Å². The molecule has 82 valence electrons. The average Bonchev–Trinajstić information content (AvgIpc) is 2.27. The number of methoxy groups -OCH3 is 1. The fraction of sp³-hybridized carbons (Fsp3) is 0.100. The predicted molar refractivity (Wildman–Crippen MR) is 55.8 cm³/mol. The van der Waals surface area contributed by atoms with Gasteiger partial charge in [0, 0.05) is 6.07 Å². The van der Waals surface area contributed by atoms with E-state index in [9.17, 15) is 9.18 Å². The van der Waals surface area contributed by atoms with Gasteiger partial charge in [0.2, 0.25) is 0 Å². The highest BCUT2D eigenvalue weighted by Crippen LogP contribution is 2.18. The summed E-state index contributed by atoms with van der Waals surface area (Å²) in [5, 5.41) is 0.165. The molecule has 0 saturated carbocycles. The first-order valence-electron chi connectivity index (χ1n) is 4.32. The lowest BCUT2D eigenvalue weighted by atomic mass is 10.2. The number of benzene rings is 1. The van der Waals surface area contributed by atoms with E-state index in [0.29, 0.717) is 5.52 Å². The molecule has 16 heavy (non-hydrogen) atoms. The molecule has 6 heteroatoms. The quantitative estimate of drug-likeness (QED) is 0.717. The van der Waals surface area contributed by atoms with Crippen molar-refractivity contribution in [3.05, 3.63) is 34.9 Å². The van der Waals surface area contributed by atoms with Gasteiger partial charge in [-0.1, -0.05) is 11.6 Å². The maximum atomic E-state index is 13.5. The second-order valence-corrected chi connectivity index (χ2v) is 3.39. The molecule has 0 saturated heterocycles. The second kappa shape index (κ2) is 4.02. The number of esters is 1. The van der Waals surface area contributed by atoms with Crippen LogP contribution in [0.5, 0.6) is 0 Å². The van der Waals surface area contributed by atoms with Crippen LogP contribution < -0.4 is 0 Å². The molecule has 0 aliphatic rings. The maximum Gasteiger partial charge on any atom is 0.340 e. The Morgan fingerprint density at radius 3 is 2.88 bits per heavy atom. The first-order valence-corrected chi connectivity index (χ1v) is 4.69. The molecule has 0 aliphatic heterocycles. The summed E-state index contributed by atoms with van der Waals surface area (Å²) in [5.41, 5.74) is 0.496. The Hall–Kier alpha value is -1.75. The van der Waals surface area contributed by atoms with Gasteiger partial charge in [-0.2, -0.15) is 0 Å². The standard InChI is InChI=1S/C10H6ClFN2O2/c1-16-10(15)5-2-7-8(3-6(5)12)14-9(11)4-13-7/h2-4H,1H3. The third-order valence-corrected chi connectivity index (χ3v) is 2.19. The SMILES string of the molecule is COC(=O)c1cc2ncc(Cl)nc2cc1F. The summed E-state index contributed by atoms with van der Waals surface area (Å²) in [6.07, 6.45) is 1.32. The molecule has 2 aromatic rings. The van der Waals surface area contributed by atoms with Crippen LogP contribution in [0.15, 0.2) is 18.3 Å². The van der Waals surface area contributed by atoms with Crippen LogP contribution >= 0.6 is 11.6 Å². The number of ether oxygens (including phenoxy) is 1. The molecule has 1 aromatic heterocycles. The fourth-order valence-electron chi connectivity index (χ4n) is 1.28. The van der Waals surface area contributed by atoms with Gasteiger partial charge in [-0.05, 0) is 6.07 Å². The largest absolute Gasteiger partial charge is 0.465 e. The fourth-order valence-corrected chi connectivity index (χ4v) is 1.42. The van der Waals surface area contributed by atoms with E-state index in [0.717, 1.165) is 6.07 Å².